The largest absolute Gasteiger partial charge is 0.378 e. The fourth-order valence-corrected chi connectivity index (χ4v) is 7.06. The normalized spacial score (nSPS) is 24.1. The minimum atomic E-state index is -0.212. The molecule has 140 valence electrons. The lowest BCUT2D eigenvalue weighted by molar-refractivity contribution is 0.306. The second kappa shape index (κ2) is 7.37. The van der Waals surface area contributed by atoms with Crippen molar-refractivity contribution in [1.29, 1.82) is 0 Å². The van der Waals surface area contributed by atoms with E-state index < -0.39 is 0 Å². The summed E-state index contributed by atoms with van der Waals surface area (Å²) in [5.41, 5.74) is 9.65. The summed E-state index contributed by atoms with van der Waals surface area (Å²) in [6.07, 6.45) is 7.61. The molecule has 0 bridgehead atoms. The first-order valence-electron chi connectivity index (χ1n) is 9.69. The topological polar surface area (TPSA) is 38.4 Å². The van der Waals surface area contributed by atoms with E-state index in [1.54, 1.807) is 0 Å². The van der Waals surface area contributed by atoms with Gasteiger partial charge in [-0.15, -0.1) is 17.3 Å². The standard InChI is InChI=1S/C23H26N2S2/c1-3-8-17-9-7-10-18(13-17)19-14-20(26-15-19)22(2)16-23(27-21(24)25-22)11-5-4-6-12-23/h7,9-10,13-15H,4-6,11-12,16H2,1-2H3,(H2,24,25). The summed E-state index contributed by atoms with van der Waals surface area (Å²) in [7, 11) is 0. The SMILES string of the molecule is CC#Cc1cccc(-c2csc(C3(C)CC4(CCCCC4)SC(N)=N3)c2)c1. The molecule has 1 atom stereocenters. The molecule has 0 radical (unpaired) electrons. The fourth-order valence-electron chi connectivity index (χ4n) is 4.50. The van der Waals surface area contributed by atoms with Gasteiger partial charge < -0.3 is 5.73 Å². The molecular weight excluding hydrogens is 368 g/mol. The zero-order valence-corrected chi connectivity index (χ0v) is 17.7. The van der Waals surface area contributed by atoms with Gasteiger partial charge in [-0.25, -0.2) is 0 Å². The van der Waals surface area contributed by atoms with E-state index in [9.17, 15) is 0 Å². The van der Waals surface area contributed by atoms with Crippen molar-refractivity contribution in [2.75, 3.05) is 0 Å². The molecule has 27 heavy (non-hydrogen) atoms. The third kappa shape index (κ3) is 3.81. The van der Waals surface area contributed by atoms with Crippen LogP contribution in [0.5, 0.6) is 0 Å². The van der Waals surface area contributed by atoms with Crippen LogP contribution in [0.15, 0.2) is 40.7 Å². The van der Waals surface area contributed by atoms with E-state index in [0.29, 0.717) is 0 Å². The van der Waals surface area contributed by atoms with Gasteiger partial charge in [0.2, 0.25) is 0 Å². The highest BCUT2D eigenvalue weighted by molar-refractivity contribution is 8.15. The molecule has 2 aromatic rings. The number of thioether (sulfide) groups is 1. The van der Waals surface area contributed by atoms with E-state index in [1.807, 2.05) is 30.0 Å². The smallest absolute Gasteiger partial charge is 0.155 e. The van der Waals surface area contributed by atoms with E-state index in [-0.39, 0.29) is 10.3 Å². The maximum Gasteiger partial charge on any atom is 0.155 e. The average molecular weight is 395 g/mol. The maximum atomic E-state index is 6.33. The Morgan fingerprint density at radius 2 is 1.93 bits per heavy atom. The molecule has 1 aliphatic heterocycles. The molecular formula is C23H26N2S2. The minimum Gasteiger partial charge on any atom is -0.378 e. The Bertz CT molecular complexity index is 925. The second-order valence-electron chi connectivity index (χ2n) is 7.90. The number of nitrogens with two attached hydrogens (primary N) is 1. The molecule has 1 aliphatic carbocycles. The van der Waals surface area contributed by atoms with Gasteiger partial charge in [-0.2, -0.15) is 0 Å². The van der Waals surface area contributed by atoms with Crippen LogP contribution < -0.4 is 5.73 Å². The third-order valence-corrected chi connectivity index (χ3v) is 8.17. The fraction of sp³-hybridized carbons (Fsp3) is 0.435. The predicted octanol–water partition coefficient (Wildman–Crippen LogP) is 6.16. The molecule has 2 heterocycles. The van der Waals surface area contributed by atoms with Crippen LogP contribution in [0.1, 0.15) is 62.8 Å². The lowest BCUT2D eigenvalue weighted by Gasteiger charge is -2.45. The Balaban J connectivity index is 1.66. The number of hydrogen-bond acceptors (Lipinski definition) is 4. The number of rotatable bonds is 2. The highest BCUT2D eigenvalue weighted by atomic mass is 32.2. The molecule has 2 N–H and O–H groups in total. The van der Waals surface area contributed by atoms with Crippen LogP contribution in [0.3, 0.4) is 0 Å². The predicted molar refractivity (Wildman–Crippen MR) is 119 cm³/mol. The van der Waals surface area contributed by atoms with Crippen molar-refractivity contribution < 1.29 is 0 Å². The Hall–Kier alpha value is -1.70. The lowest BCUT2D eigenvalue weighted by atomic mass is 9.78. The van der Waals surface area contributed by atoms with Gasteiger partial charge in [0.25, 0.3) is 0 Å². The average Bonchev–Trinajstić information content (AvgIpc) is 3.13. The van der Waals surface area contributed by atoms with Crippen LogP contribution >= 0.6 is 23.1 Å². The molecule has 1 fully saturated rings. The Labute approximate surface area is 170 Å². The Kier molecular flexibility index (Phi) is 5.09. The lowest BCUT2D eigenvalue weighted by Crippen LogP contribution is -2.42. The van der Waals surface area contributed by atoms with E-state index in [1.165, 1.54) is 48.1 Å². The summed E-state index contributed by atoms with van der Waals surface area (Å²) in [5, 5.41) is 3.01. The molecule has 0 amide bonds. The molecule has 1 unspecified atom stereocenters. The molecule has 4 rings (SSSR count). The number of amidine groups is 1. The van der Waals surface area contributed by atoms with Crippen LogP contribution in [0, 0.1) is 11.8 Å². The van der Waals surface area contributed by atoms with Gasteiger partial charge in [-0.3, -0.25) is 4.99 Å². The van der Waals surface area contributed by atoms with Crippen molar-refractivity contribution in [3.8, 4) is 23.0 Å². The summed E-state index contributed by atoms with van der Waals surface area (Å²) in [6.45, 7) is 4.14. The Morgan fingerprint density at radius 3 is 2.70 bits per heavy atom. The summed E-state index contributed by atoms with van der Waals surface area (Å²) in [5.74, 6) is 6.13. The molecule has 1 saturated carbocycles. The summed E-state index contributed by atoms with van der Waals surface area (Å²) in [6, 6.07) is 10.8. The number of thiophene rings is 1. The molecule has 4 heteroatoms. The zero-order chi connectivity index (χ0) is 18.9. The summed E-state index contributed by atoms with van der Waals surface area (Å²) in [4.78, 5) is 6.25. The van der Waals surface area contributed by atoms with Gasteiger partial charge >= 0.3 is 0 Å². The van der Waals surface area contributed by atoms with Crippen molar-refractivity contribution >= 4 is 28.3 Å². The molecule has 2 nitrogen and oxygen atoms in total. The molecule has 0 saturated heterocycles. The van der Waals surface area contributed by atoms with Gasteiger partial charge in [-0.1, -0.05) is 49.1 Å². The summed E-state index contributed by atoms with van der Waals surface area (Å²) < 4.78 is 0.277. The molecule has 2 aliphatic rings. The van der Waals surface area contributed by atoms with Crippen LogP contribution in [0.4, 0.5) is 0 Å². The van der Waals surface area contributed by atoms with Crippen molar-refractivity contribution in [2.45, 2.75) is 62.7 Å². The second-order valence-corrected chi connectivity index (χ2v) is 10.3. The molecule has 1 aromatic carbocycles. The zero-order valence-electron chi connectivity index (χ0n) is 16.0. The van der Waals surface area contributed by atoms with Gasteiger partial charge in [0.05, 0.1) is 5.54 Å². The van der Waals surface area contributed by atoms with Crippen molar-refractivity contribution in [2.24, 2.45) is 10.7 Å². The van der Waals surface area contributed by atoms with Gasteiger partial charge in [-0.05, 0) is 67.8 Å². The summed E-state index contributed by atoms with van der Waals surface area (Å²) >= 11 is 3.64. The third-order valence-electron chi connectivity index (χ3n) is 5.70. The minimum absolute atomic E-state index is 0.212. The van der Waals surface area contributed by atoms with Crippen molar-refractivity contribution in [1.82, 2.24) is 0 Å². The molecule has 1 aromatic heterocycles. The molecule has 1 spiro atoms. The van der Waals surface area contributed by atoms with Crippen LogP contribution in [-0.4, -0.2) is 9.91 Å². The van der Waals surface area contributed by atoms with Crippen LogP contribution in [0.25, 0.3) is 11.1 Å². The van der Waals surface area contributed by atoms with Crippen molar-refractivity contribution in [3.63, 3.8) is 0 Å². The van der Waals surface area contributed by atoms with E-state index >= 15 is 0 Å². The number of aliphatic imine (C=N–C) groups is 1. The monoisotopic (exact) mass is 394 g/mol. The first kappa shape index (κ1) is 18.7. The van der Waals surface area contributed by atoms with Gasteiger partial charge in [0.1, 0.15) is 0 Å². The van der Waals surface area contributed by atoms with Crippen molar-refractivity contribution in [3.05, 3.63) is 46.2 Å². The number of nitrogens with zero attached hydrogens (tertiary/aromatic N) is 1. The van der Waals surface area contributed by atoms with E-state index in [4.69, 9.17) is 10.7 Å². The number of hydrogen-bond donors (Lipinski definition) is 1. The van der Waals surface area contributed by atoms with Gasteiger partial charge in [0, 0.05) is 15.2 Å². The van der Waals surface area contributed by atoms with E-state index in [0.717, 1.165) is 17.2 Å². The highest BCUT2D eigenvalue weighted by Crippen LogP contribution is 2.53. The van der Waals surface area contributed by atoms with Gasteiger partial charge in [0.15, 0.2) is 5.17 Å². The quantitative estimate of drug-likeness (QED) is 0.620. The van der Waals surface area contributed by atoms with E-state index in [2.05, 4.69) is 54.5 Å². The number of benzene rings is 1. The maximum absolute atomic E-state index is 6.33. The first-order valence-corrected chi connectivity index (χ1v) is 11.4. The van der Waals surface area contributed by atoms with Crippen LogP contribution in [-0.2, 0) is 5.54 Å². The van der Waals surface area contributed by atoms with Crippen LogP contribution in [0.2, 0.25) is 0 Å². The highest BCUT2D eigenvalue weighted by Gasteiger charge is 2.45. The Morgan fingerprint density at radius 1 is 1.11 bits per heavy atom. The first-order chi connectivity index (χ1) is 13.0.